The fraction of sp³-hybridized carbons (Fsp3) is 0.261. The summed E-state index contributed by atoms with van der Waals surface area (Å²) in [6.07, 6.45) is -2.46. The molecule has 6 nitrogen and oxygen atoms in total. The zero-order valence-electron chi connectivity index (χ0n) is 17.4. The van der Waals surface area contributed by atoms with Gasteiger partial charge in [0.1, 0.15) is 11.5 Å². The molecule has 2 aromatic carbocycles. The van der Waals surface area contributed by atoms with Gasteiger partial charge in [0, 0.05) is 37.9 Å². The summed E-state index contributed by atoms with van der Waals surface area (Å²) in [7, 11) is 0. The van der Waals surface area contributed by atoms with E-state index < -0.39 is 18.3 Å². The predicted octanol–water partition coefficient (Wildman–Crippen LogP) is 4.48. The summed E-state index contributed by atoms with van der Waals surface area (Å²) in [5.41, 5.74) is 1.47. The third-order valence-electron chi connectivity index (χ3n) is 5.18. The van der Waals surface area contributed by atoms with Crippen molar-refractivity contribution >= 4 is 11.9 Å². The number of benzene rings is 2. The number of alkyl halides is 4. The molecule has 4 rings (SSSR count). The largest absolute Gasteiger partial charge is 0.457 e. The highest BCUT2D eigenvalue weighted by Gasteiger charge is 2.51. The number of para-hydroxylation sites is 1. The Morgan fingerprint density at radius 3 is 2.18 bits per heavy atom. The molecule has 0 radical (unpaired) electrons. The minimum absolute atomic E-state index is 0.125. The van der Waals surface area contributed by atoms with Gasteiger partial charge in [-0.05, 0) is 42.5 Å². The summed E-state index contributed by atoms with van der Waals surface area (Å²) < 4.78 is 57.4. The first-order valence-electron chi connectivity index (χ1n) is 10.2. The summed E-state index contributed by atoms with van der Waals surface area (Å²) in [5, 5.41) is 0. The van der Waals surface area contributed by atoms with Crippen molar-refractivity contribution in [2.75, 3.05) is 31.1 Å². The minimum Gasteiger partial charge on any atom is -0.457 e. The Morgan fingerprint density at radius 2 is 1.55 bits per heavy atom. The van der Waals surface area contributed by atoms with E-state index in [0.29, 0.717) is 17.4 Å². The number of aromatic nitrogens is 2. The maximum atomic E-state index is 13.3. The van der Waals surface area contributed by atoms with Gasteiger partial charge in [0.2, 0.25) is 5.95 Å². The van der Waals surface area contributed by atoms with Crippen LogP contribution >= 0.6 is 0 Å². The topological polar surface area (TPSA) is 58.6 Å². The van der Waals surface area contributed by atoms with Crippen LogP contribution in [0.1, 0.15) is 0 Å². The molecule has 0 saturated carbocycles. The number of piperazine rings is 1. The molecular formula is C23H20F4N4O2. The summed E-state index contributed by atoms with van der Waals surface area (Å²) in [4.78, 5) is 23.0. The van der Waals surface area contributed by atoms with Crippen LogP contribution in [0.2, 0.25) is 0 Å². The van der Waals surface area contributed by atoms with Crippen molar-refractivity contribution in [1.29, 1.82) is 0 Å². The average molecular weight is 460 g/mol. The Labute approximate surface area is 187 Å². The predicted molar refractivity (Wildman–Crippen MR) is 114 cm³/mol. The molecule has 1 aliphatic heterocycles. The molecule has 1 amide bonds. The lowest BCUT2D eigenvalue weighted by Gasteiger charge is -2.36. The normalized spacial score (nSPS) is 14.5. The Morgan fingerprint density at radius 1 is 0.909 bits per heavy atom. The molecule has 172 valence electrons. The lowest BCUT2D eigenvalue weighted by atomic mass is 10.1. The number of anilines is 1. The first-order chi connectivity index (χ1) is 15.8. The Balaban J connectivity index is 1.41. The van der Waals surface area contributed by atoms with Crippen molar-refractivity contribution in [1.82, 2.24) is 14.9 Å². The van der Waals surface area contributed by atoms with E-state index in [0.717, 1.165) is 16.2 Å². The van der Waals surface area contributed by atoms with Crippen LogP contribution in [-0.4, -0.2) is 59.3 Å². The van der Waals surface area contributed by atoms with E-state index >= 15 is 0 Å². The van der Waals surface area contributed by atoms with Gasteiger partial charge in [-0.25, -0.2) is 18.7 Å². The van der Waals surface area contributed by atoms with E-state index in [-0.39, 0.29) is 26.2 Å². The van der Waals surface area contributed by atoms with Gasteiger partial charge < -0.3 is 14.5 Å². The van der Waals surface area contributed by atoms with Crippen LogP contribution in [0.15, 0.2) is 66.9 Å². The smallest absolute Gasteiger partial charge is 0.383 e. The quantitative estimate of drug-likeness (QED) is 0.508. The first kappa shape index (κ1) is 22.5. The summed E-state index contributed by atoms with van der Waals surface area (Å²) in [6, 6.07) is 18.5. The van der Waals surface area contributed by atoms with Crippen LogP contribution in [0.5, 0.6) is 11.5 Å². The van der Waals surface area contributed by atoms with Crippen molar-refractivity contribution in [2.45, 2.75) is 12.3 Å². The number of halogens is 4. The molecule has 0 atom stereocenters. The number of amides is 1. The molecule has 0 unspecified atom stereocenters. The van der Waals surface area contributed by atoms with Crippen LogP contribution in [0.4, 0.5) is 23.5 Å². The van der Waals surface area contributed by atoms with Crippen molar-refractivity contribution in [3.8, 4) is 22.8 Å². The molecule has 10 heteroatoms. The zero-order valence-corrected chi connectivity index (χ0v) is 17.4. The molecule has 0 spiro atoms. The van der Waals surface area contributed by atoms with Gasteiger partial charge in [-0.15, -0.1) is 0 Å². The van der Waals surface area contributed by atoms with Gasteiger partial charge in [0.05, 0.1) is 5.69 Å². The number of hydrogen-bond acceptors (Lipinski definition) is 5. The Kier molecular flexibility index (Phi) is 6.43. The monoisotopic (exact) mass is 460 g/mol. The lowest BCUT2D eigenvalue weighted by Crippen LogP contribution is -2.55. The maximum absolute atomic E-state index is 13.3. The van der Waals surface area contributed by atoms with Crippen LogP contribution in [0.3, 0.4) is 0 Å². The second-order valence-corrected chi connectivity index (χ2v) is 7.38. The van der Waals surface area contributed by atoms with Gasteiger partial charge in [-0.2, -0.15) is 8.78 Å². The average Bonchev–Trinajstić information content (AvgIpc) is 2.85. The molecule has 1 fully saturated rings. The molecule has 1 saturated heterocycles. The Hall–Kier alpha value is -3.69. The van der Waals surface area contributed by atoms with Gasteiger partial charge in [-0.3, -0.25) is 4.79 Å². The standard InChI is InChI=1S/C23H20F4N4O2/c24-20(25)23(26,27)21(32)30-12-14-31(15-13-30)22-28-11-10-19(29-22)16-6-8-18(9-7-16)33-17-4-2-1-3-5-17/h1-11,20H,12-15H2. The van der Waals surface area contributed by atoms with Crippen molar-refractivity contribution < 1.29 is 27.1 Å². The van der Waals surface area contributed by atoms with E-state index in [4.69, 9.17) is 4.74 Å². The molecule has 0 aliphatic carbocycles. The van der Waals surface area contributed by atoms with Gasteiger partial charge >= 0.3 is 12.3 Å². The SMILES string of the molecule is O=C(N1CCN(c2nccc(-c3ccc(Oc4ccccc4)cc3)n2)CC1)C(F)(F)C(F)F. The van der Waals surface area contributed by atoms with E-state index in [2.05, 4.69) is 9.97 Å². The molecule has 3 aromatic rings. The van der Waals surface area contributed by atoms with E-state index in [1.165, 1.54) is 0 Å². The van der Waals surface area contributed by atoms with Gasteiger partial charge in [0.25, 0.3) is 5.91 Å². The van der Waals surface area contributed by atoms with Crippen LogP contribution in [-0.2, 0) is 4.79 Å². The molecule has 0 bridgehead atoms. The highest BCUT2D eigenvalue weighted by Crippen LogP contribution is 2.28. The minimum atomic E-state index is -4.69. The number of rotatable bonds is 6. The van der Waals surface area contributed by atoms with Crippen LogP contribution < -0.4 is 9.64 Å². The third-order valence-corrected chi connectivity index (χ3v) is 5.18. The highest BCUT2D eigenvalue weighted by molar-refractivity contribution is 5.84. The second-order valence-electron chi connectivity index (χ2n) is 7.38. The molecule has 1 aliphatic rings. The van der Waals surface area contributed by atoms with E-state index in [1.54, 1.807) is 17.2 Å². The van der Waals surface area contributed by atoms with Crippen LogP contribution in [0.25, 0.3) is 11.3 Å². The van der Waals surface area contributed by atoms with Gasteiger partial charge in [-0.1, -0.05) is 18.2 Å². The zero-order chi connectivity index (χ0) is 23.4. The molecule has 33 heavy (non-hydrogen) atoms. The fourth-order valence-electron chi connectivity index (χ4n) is 3.39. The lowest BCUT2D eigenvalue weighted by molar-refractivity contribution is -0.180. The number of carbonyl (C=O) groups is 1. The molecule has 0 N–H and O–H groups in total. The molecule has 1 aromatic heterocycles. The van der Waals surface area contributed by atoms with Crippen molar-refractivity contribution in [2.24, 2.45) is 0 Å². The van der Waals surface area contributed by atoms with Gasteiger partial charge in [0.15, 0.2) is 0 Å². The van der Waals surface area contributed by atoms with Crippen LogP contribution in [0, 0.1) is 0 Å². The number of carbonyl (C=O) groups excluding carboxylic acids is 1. The number of ether oxygens (including phenoxy) is 1. The summed E-state index contributed by atoms with van der Waals surface area (Å²) in [6.45, 7) is 0.0528. The second kappa shape index (κ2) is 9.43. The summed E-state index contributed by atoms with van der Waals surface area (Å²) >= 11 is 0. The first-order valence-corrected chi connectivity index (χ1v) is 10.2. The number of hydrogen-bond donors (Lipinski definition) is 0. The number of nitrogens with zero attached hydrogens (tertiary/aromatic N) is 4. The third kappa shape index (κ3) is 5.05. The molecular weight excluding hydrogens is 440 g/mol. The molecule has 2 heterocycles. The maximum Gasteiger partial charge on any atom is 0.383 e. The van der Waals surface area contributed by atoms with E-state index in [9.17, 15) is 22.4 Å². The summed E-state index contributed by atoms with van der Waals surface area (Å²) in [5.74, 6) is -4.79. The van der Waals surface area contributed by atoms with E-state index in [1.807, 2.05) is 54.6 Å². The Bertz CT molecular complexity index is 1090. The fourth-order valence-corrected chi connectivity index (χ4v) is 3.39. The highest BCUT2D eigenvalue weighted by atomic mass is 19.3. The van der Waals surface area contributed by atoms with Crippen molar-refractivity contribution in [3.63, 3.8) is 0 Å². The van der Waals surface area contributed by atoms with Crippen molar-refractivity contribution in [3.05, 3.63) is 66.9 Å².